The summed E-state index contributed by atoms with van der Waals surface area (Å²) in [6, 6.07) is 7.59. The van der Waals surface area contributed by atoms with Gasteiger partial charge >= 0.3 is 0 Å². The molecule has 0 spiro atoms. The molecule has 0 bridgehead atoms. The Bertz CT molecular complexity index is 1830. The zero-order valence-corrected chi connectivity index (χ0v) is 25.7. The number of non-ortho nitro benzene ring substituents is 1. The molecule has 44 heavy (non-hydrogen) atoms. The molecule has 1 aliphatic carbocycles. The van der Waals surface area contributed by atoms with Crippen LogP contribution >= 0.6 is 23.2 Å². The van der Waals surface area contributed by atoms with Crippen LogP contribution in [0, 0.1) is 23.0 Å². The third-order valence-corrected chi connectivity index (χ3v) is 8.84. The van der Waals surface area contributed by atoms with Crippen molar-refractivity contribution in [2.75, 3.05) is 10.3 Å². The number of carbonyl (C=O) groups excluding carboxylic acids is 2. The van der Waals surface area contributed by atoms with Crippen LogP contribution in [0.15, 0.2) is 58.7 Å². The number of rotatable bonds is 9. The molecule has 0 radical (unpaired) electrons. The zero-order chi connectivity index (χ0) is 31.9. The minimum atomic E-state index is -4.85. The molecule has 2 aliphatic rings. The summed E-state index contributed by atoms with van der Waals surface area (Å²) < 4.78 is 34.3. The molecular formula is C28H26Cl2N6O7S. The van der Waals surface area contributed by atoms with Crippen LogP contribution < -0.4 is 15.6 Å². The second-order valence-corrected chi connectivity index (χ2v) is 12.8. The van der Waals surface area contributed by atoms with E-state index >= 15 is 0 Å². The Morgan fingerprint density at radius 2 is 1.91 bits per heavy atom. The highest BCUT2D eigenvalue weighted by atomic mass is 35.5. The second kappa shape index (κ2) is 12.1. The number of carbonyl (C=O) groups is 2. The molecule has 2 unspecified atom stereocenters. The number of aryl methyl sites for hydroxylation is 1. The molecule has 2 amide bonds. The lowest BCUT2D eigenvalue weighted by Crippen LogP contribution is -2.40. The number of hydrazone groups is 1. The van der Waals surface area contributed by atoms with Crippen LogP contribution in [0.25, 0.3) is 0 Å². The van der Waals surface area contributed by atoms with Crippen LogP contribution in [-0.4, -0.2) is 52.5 Å². The molecule has 5 rings (SSSR count). The first-order chi connectivity index (χ1) is 20.7. The molecule has 1 aromatic heterocycles. The van der Waals surface area contributed by atoms with Gasteiger partial charge in [0.15, 0.2) is 5.82 Å². The van der Waals surface area contributed by atoms with E-state index < -0.39 is 43.5 Å². The lowest BCUT2D eigenvalue weighted by molar-refractivity contribution is -0.384. The number of hydrogen-bond acceptors (Lipinski definition) is 9. The van der Waals surface area contributed by atoms with Crippen molar-refractivity contribution in [2.24, 2.45) is 11.0 Å². The van der Waals surface area contributed by atoms with E-state index in [9.17, 15) is 32.7 Å². The number of nitro benzene ring substituents is 1. The number of benzene rings is 2. The molecule has 2 atom stereocenters. The van der Waals surface area contributed by atoms with Gasteiger partial charge in [0.1, 0.15) is 10.9 Å². The summed E-state index contributed by atoms with van der Waals surface area (Å²) in [7, 11) is -4.85. The molecule has 1 fully saturated rings. The van der Waals surface area contributed by atoms with Crippen molar-refractivity contribution in [2.45, 2.75) is 50.1 Å². The minimum absolute atomic E-state index is 0.0483. The van der Waals surface area contributed by atoms with E-state index in [2.05, 4.69) is 20.7 Å². The molecule has 16 heteroatoms. The van der Waals surface area contributed by atoms with E-state index in [1.807, 2.05) is 6.92 Å². The monoisotopic (exact) mass is 660 g/mol. The van der Waals surface area contributed by atoms with Crippen molar-refractivity contribution in [3.63, 3.8) is 0 Å². The Labute approximate surface area is 262 Å². The molecule has 230 valence electrons. The molecule has 3 aromatic rings. The van der Waals surface area contributed by atoms with Gasteiger partial charge < -0.3 is 10.6 Å². The number of nitrogens with one attached hydrogen (secondary N) is 2. The van der Waals surface area contributed by atoms with Gasteiger partial charge in [0.25, 0.3) is 21.7 Å². The summed E-state index contributed by atoms with van der Waals surface area (Å²) in [5, 5.41) is 23.2. The highest BCUT2D eigenvalue weighted by Crippen LogP contribution is 2.35. The first-order valence-electron chi connectivity index (χ1n) is 13.4. The molecule has 2 heterocycles. The number of amides is 2. The van der Waals surface area contributed by atoms with Crippen LogP contribution in [0.2, 0.25) is 10.0 Å². The fraction of sp³-hybridized carbons (Fsp3) is 0.286. The number of nitro groups is 1. The van der Waals surface area contributed by atoms with E-state index in [1.54, 1.807) is 19.1 Å². The number of nitrogens with zero attached hydrogens (tertiary/aromatic N) is 4. The number of aromatic nitrogens is 1. The molecule has 13 nitrogen and oxygen atoms in total. The predicted octanol–water partition coefficient (Wildman–Crippen LogP) is 5.00. The van der Waals surface area contributed by atoms with Crippen LogP contribution in [0.3, 0.4) is 0 Å². The van der Waals surface area contributed by atoms with Gasteiger partial charge in [0.05, 0.1) is 26.9 Å². The Morgan fingerprint density at radius 1 is 1.18 bits per heavy atom. The number of anilines is 2. The molecule has 1 saturated carbocycles. The van der Waals surface area contributed by atoms with Crippen molar-refractivity contribution in [3.05, 3.63) is 85.5 Å². The summed E-state index contributed by atoms with van der Waals surface area (Å²) in [5.74, 6) is -0.664. The fourth-order valence-electron chi connectivity index (χ4n) is 4.99. The first-order valence-corrected chi connectivity index (χ1v) is 15.6. The van der Waals surface area contributed by atoms with E-state index in [-0.39, 0.29) is 45.8 Å². The van der Waals surface area contributed by atoms with Gasteiger partial charge in [-0.05, 0) is 68.5 Å². The fourth-order valence-corrected chi connectivity index (χ4v) is 6.17. The molecule has 3 N–H and O–H groups in total. The van der Waals surface area contributed by atoms with Crippen molar-refractivity contribution >= 4 is 68.0 Å². The van der Waals surface area contributed by atoms with Gasteiger partial charge in [-0.15, -0.1) is 0 Å². The van der Waals surface area contributed by atoms with Crippen molar-refractivity contribution in [3.8, 4) is 0 Å². The Kier molecular flexibility index (Phi) is 8.62. The van der Waals surface area contributed by atoms with Gasteiger partial charge in [-0.1, -0.05) is 23.2 Å². The quantitative estimate of drug-likeness (QED) is 0.161. The Morgan fingerprint density at radius 3 is 2.55 bits per heavy atom. The number of hydrogen-bond donors (Lipinski definition) is 3. The molecule has 1 aliphatic heterocycles. The zero-order valence-electron chi connectivity index (χ0n) is 23.3. The number of pyridine rings is 1. The van der Waals surface area contributed by atoms with Crippen molar-refractivity contribution in [1.29, 1.82) is 0 Å². The van der Waals surface area contributed by atoms with Crippen LogP contribution in [0.5, 0.6) is 0 Å². The lowest BCUT2D eigenvalue weighted by atomic mass is 10.0. The lowest BCUT2D eigenvalue weighted by Gasteiger charge is -2.24. The van der Waals surface area contributed by atoms with Crippen molar-refractivity contribution in [1.82, 2.24) is 10.3 Å². The third-order valence-electron chi connectivity index (χ3n) is 7.41. The molecular weight excluding hydrogens is 635 g/mol. The SMILES string of the molecule is Cc1cc(Cl)cc(C(=O)NC(C)C2CC2)c1NC(=O)C1CC(c2cc([N+](=O)[O-])ccc2S(=O)(=O)O)=NN1c1ncccc1Cl. The maximum absolute atomic E-state index is 14.0. The summed E-state index contributed by atoms with van der Waals surface area (Å²) in [5.41, 5.74) is 0.0551. The van der Waals surface area contributed by atoms with Gasteiger partial charge in [-0.2, -0.15) is 13.5 Å². The third kappa shape index (κ3) is 6.53. The van der Waals surface area contributed by atoms with E-state index in [0.29, 0.717) is 16.5 Å². The standard InChI is InChI=1S/C28H26Cl2N6O7S/c1-14-10-17(29)11-20(27(37)32-15(2)16-5-6-16)25(14)33-28(38)23-13-22(34-35(23)26-21(30)4-3-9-31-26)19-12-18(36(39)40)7-8-24(19)44(41,42)43/h3-4,7-12,15-16,23H,5-6,13H2,1-2H3,(H,32,37)(H,33,38)(H,41,42,43). The van der Waals surface area contributed by atoms with E-state index in [0.717, 1.165) is 31.0 Å². The predicted molar refractivity (Wildman–Crippen MR) is 164 cm³/mol. The topological polar surface area (TPSA) is 184 Å². The molecule has 0 saturated heterocycles. The van der Waals surface area contributed by atoms with Gasteiger partial charge in [0.2, 0.25) is 5.91 Å². The summed E-state index contributed by atoms with van der Waals surface area (Å²) in [6.07, 6.45) is 3.17. The number of halogens is 2. The smallest absolute Gasteiger partial charge is 0.295 e. The second-order valence-electron chi connectivity index (χ2n) is 10.6. The maximum Gasteiger partial charge on any atom is 0.295 e. The first kappa shape index (κ1) is 31.3. The largest absolute Gasteiger partial charge is 0.349 e. The highest BCUT2D eigenvalue weighted by molar-refractivity contribution is 7.86. The van der Waals surface area contributed by atoms with Crippen LogP contribution in [-0.2, 0) is 14.9 Å². The minimum Gasteiger partial charge on any atom is -0.349 e. The van der Waals surface area contributed by atoms with E-state index in [4.69, 9.17) is 23.2 Å². The van der Waals surface area contributed by atoms with Crippen molar-refractivity contribution < 1.29 is 27.5 Å². The normalized spacial score (nSPS) is 17.2. The average Bonchev–Trinajstić information content (AvgIpc) is 3.72. The maximum atomic E-state index is 14.0. The summed E-state index contributed by atoms with van der Waals surface area (Å²) >= 11 is 12.7. The highest BCUT2D eigenvalue weighted by Gasteiger charge is 2.39. The van der Waals surface area contributed by atoms with Crippen LogP contribution in [0.4, 0.5) is 17.2 Å². The van der Waals surface area contributed by atoms with Crippen LogP contribution in [0.1, 0.15) is 47.7 Å². The van der Waals surface area contributed by atoms with E-state index in [1.165, 1.54) is 23.3 Å². The Hall–Kier alpha value is -4.11. The van der Waals surface area contributed by atoms with Gasteiger partial charge in [-0.25, -0.2) is 9.99 Å². The Balaban J connectivity index is 1.55. The molecule has 2 aromatic carbocycles. The van der Waals surface area contributed by atoms with Gasteiger partial charge in [-0.3, -0.25) is 24.3 Å². The summed E-state index contributed by atoms with van der Waals surface area (Å²) in [4.78, 5) is 41.6. The van der Waals surface area contributed by atoms with Gasteiger partial charge in [0, 0.05) is 41.4 Å². The summed E-state index contributed by atoms with van der Waals surface area (Å²) in [6.45, 7) is 3.58. The average molecular weight is 662 g/mol.